The number of rotatable bonds is 5. The molecule has 19 heavy (non-hydrogen) atoms. The first-order valence-corrected chi connectivity index (χ1v) is 7.33. The van der Waals surface area contributed by atoms with Crippen molar-refractivity contribution in [2.45, 2.75) is 18.7 Å². The van der Waals surface area contributed by atoms with Gasteiger partial charge in [-0.25, -0.2) is 0 Å². The summed E-state index contributed by atoms with van der Waals surface area (Å²) in [5.41, 5.74) is 8.79. The average molecular weight is 273 g/mol. The van der Waals surface area contributed by atoms with E-state index in [0.29, 0.717) is 6.61 Å². The lowest BCUT2D eigenvalue weighted by atomic mass is 10.1. The summed E-state index contributed by atoms with van der Waals surface area (Å²) < 4.78 is 5.87. The Hall–Kier alpha value is -1.61. The standard InChI is InChI=1S/C16H19NOS/c1-12-10-14(17)11-13(2)16(12)18-8-9-19-15-6-4-3-5-7-15/h3-7,10-11H,8-9,17H2,1-2H3. The summed E-state index contributed by atoms with van der Waals surface area (Å²) in [5.74, 6) is 1.90. The Balaban J connectivity index is 1.86. The van der Waals surface area contributed by atoms with Crippen LogP contribution in [0.25, 0.3) is 0 Å². The molecule has 0 heterocycles. The highest BCUT2D eigenvalue weighted by molar-refractivity contribution is 7.99. The van der Waals surface area contributed by atoms with Crippen LogP contribution in [0.5, 0.6) is 5.75 Å². The smallest absolute Gasteiger partial charge is 0.125 e. The van der Waals surface area contributed by atoms with Gasteiger partial charge in [0.15, 0.2) is 0 Å². The second kappa shape index (κ2) is 6.53. The molecule has 2 aromatic rings. The van der Waals surface area contributed by atoms with Crippen LogP contribution in [0.1, 0.15) is 11.1 Å². The van der Waals surface area contributed by atoms with Crippen LogP contribution in [0.2, 0.25) is 0 Å². The number of hydrogen-bond acceptors (Lipinski definition) is 3. The molecule has 0 aliphatic rings. The molecule has 0 fully saturated rings. The molecule has 2 rings (SSSR count). The van der Waals surface area contributed by atoms with E-state index in [4.69, 9.17) is 10.5 Å². The second-order valence-electron chi connectivity index (χ2n) is 4.49. The summed E-state index contributed by atoms with van der Waals surface area (Å²) in [7, 11) is 0. The van der Waals surface area contributed by atoms with E-state index >= 15 is 0 Å². The van der Waals surface area contributed by atoms with Crippen molar-refractivity contribution in [3.63, 3.8) is 0 Å². The van der Waals surface area contributed by atoms with Gasteiger partial charge in [-0.15, -0.1) is 11.8 Å². The maximum absolute atomic E-state index is 5.87. The summed E-state index contributed by atoms with van der Waals surface area (Å²) in [6.45, 7) is 4.76. The molecule has 0 aliphatic carbocycles. The van der Waals surface area contributed by atoms with Crippen molar-refractivity contribution in [2.24, 2.45) is 0 Å². The van der Waals surface area contributed by atoms with Crippen molar-refractivity contribution in [3.8, 4) is 5.75 Å². The summed E-state index contributed by atoms with van der Waals surface area (Å²) >= 11 is 1.80. The van der Waals surface area contributed by atoms with E-state index in [9.17, 15) is 0 Å². The molecule has 0 bridgehead atoms. The number of nitrogens with two attached hydrogens (primary N) is 1. The van der Waals surface area contributed by atoms with Crippen LogP contribution < -0.4 is 10.5 Å². The highest BCUT2D eigenvalue weighted by atomic mass is 32.2. The third-order valence-corrected chi connectivity index (χ3v) is 3.80. The molecule has 0 amide bonds. The highest BCUT2D eigenvalue weighted by Gasteiger charge is 2.05. The summed E-state index contributed by atoms with van der Waals surface area (Å²) in [6.07, 6.45) is 0. The van der Waals surface area contributed by atoms with Gasteiger partial charge in [0, 0.05) is 16.3 Å². The molecule has 0 spiro atoms. The van der Waals surface area contributed by atoms with Crippen molar-refractivity contribution in [2.75, 3.05) is 18.1 Å². The van der Waals surface area contributed by atoms with Crippen LogP contribution in [0.4, 0.5) is 5.69 Å². The molecule has 3 heteroatoms. The molecule has 2 aromatic carbocycles. The number of nitrogen functional groups attached to an aromatic ring is 1. The topological polar surface area (TPSA) is 35.2 Å². The van der Waals surface area contributed by atoms with Crippen LogP contribution in [0.15, 0.2) is 47.4 Å². The fourth-order valence-electron chi connectivity index (χ4n) is 2.03. The zero-order valence-corrected chi connectivity index (χ0v) is 12.2. The molecule has 0 saturated carbocycles. The number of ether oxygens (including phenoxy) is 1. The van der Waals surface area contributed by atoms with Crippen LogP contribution >= 0.6 is 11.8 Å². The van der Waals surface area contributed by atoms with Gasteiger partial charge < -0.3 is 10.5 Å². The van der Waals surface area contributed by atoms with E-state index in [1.54, 1.807) is 11.8 Å². The van der Waals surface area contributed by atoms with Crippen molar-refractivity contribution in [1.82, 2.24) is 0 Å². The van der Waals surface area contributed by atoms with Gasteiger partial charge in [0.2, 0.25) is 0 Å². The maximum Gasteiger partial charge on any atom is 0.125 e. The SMILES string of the molecule is Cc1cc(N)cc(C)c1OCCSc1ccccc1. The van der Waals surface area contributed by atoms with Crippen LogP contribution in [-0.2, 0) is 0 Å². The monoisotopic (exact) mass is 273 g/mol. The van der Waals surface area contributed by atoms with Crippen LogP contribution in [0, 0.1) is 13.8 Å². The molecular formula is C16H19NOS. The first-order valence-electron chi connectivity index (χ1n) is 6.34. The average Bonchev–Trinajstić information content (AvgIpc) is 2.38. The first-order chi connectivity index (χ1) is 9.16. The lowest BCUT2D eigenvalue weighted by Crippen LogP contribution is -2.03. The van der Waals surface area contributed by atoms with Crippen LogP contribution in [0.3, 0.4) is 0 Å². The van der Waals surface area contributed by atoms with Crippen molar-refractivity contribution in [1.29, 1.82) is 0 Å². The van der Waals surface area contributed by atoms with Gasteiger partial charge in [-0.3, -0.25) is 0 Å². The Labute approximate surface area is 119 Å². The maximum atomic E-state index is 5.87. The van der Waals surface area contributed by atoms with Crippen LogP contribution in [-0.4, -0.2) is 12.4 Å². The molecule has 2 nitrogen and oxygen atoms in total. The summed E-state index contributed by atoms with van der Waals surface area (Å²) in [4.78, 5) is 1.27. The summed E-state index contributed by atoms with van der Waals surface area (Å²) in [6, 6.07) is 14.3. The largest absolute Gasteiger partial charge is 0.492 e. The molecule has 0 aromatic heterocycles. The van der Waals surface area contributed by atoms with Gasteiger partial charge in [0.25, 0.3) is 0 Å². The molecule has 100 valence electrons. The van der Waals surface area contributed by atoms with Gasteiger partial charge in [0.05, 0.1) is 6.61 Å². The molecule has 0 saturated heterocycles. The lowest BCUT2D eigenvalue weighted by Gasteiger charge is -2.12. The van der Waals surface area contributed by atoms with Crippen molar-refractivity contribution < 1.29 is 4.74 Å². The predicted molar refractivity (Wildman–Crippen MR) is 83.0 cm³/mol. The third kappa shape index (κ3) is 3.93. The Morgan fingerprint density at radius 1 is 1.05 bits per heavy atom. The highest BCUT2D eigenvalue weighted by Crippen LogP contribution is 2.26. The fraction of sp³-hybridized carbons (Fsp3) is 0.250. The number of thioether (sulfide) groups is 1. The summed E-state index contributed by atoms with van der Waals surface area (Å²) in [5, 5.41) is 0. The molecule has 0 atom stereocenters. The van der Waals surface area contributed by atoms with Gasteiger partial charge in [-0.2, -0.15) is 0 Å². The molecule has 0 unspecified atom stereocenters. The van der Waals surface area contributed by atoms with E-state index in [0.717, 1.165) is 28.3 Å². The van der Waals surface area contributed by atoms with E-state index in [1.165, 1.54) is 4.90 Å². The van der Waals surface area contributed by atoms with E-state index < -0.39 is 0 Å². The first kappa shape index (κ1) is 13.8. The van der Waals surface area contributed by atoms with E-state index in [1.807, 2.05) is 32.0 Å². The minimum absolute atomic E-state index is 0.700. The Bertz CT molecular complexity index is 517. The molecule has 0 radical (unpaired) electrons. The number of hydrogen-bond donors (Lipinski definition) is 1. The van der Waals surface area contributed by atoms with Gasteiger partial charge >= 0.3 is 0 Å². The van der Waals surface area contributed by atoms with Gasteiger partial charge in [-0.05, 0) is 49.2 Å². The molecular weight excluding hydrogens is 254 g/mol. The lowest BCUT2D eigenvalue weighted by molar-refractivity contribution is 0.339. The Morgan fingerprint density at radius 3 is 2.32 bits per heavy atom. The molecule has 2 N–H and O–H groups in total. The minimum Gasteiger partial charge on any atom is -0.492 e. The Morgan fingerprint density at radius 2 is 1.68 bits per heavy atom. The number of aryl methyl sites for hydroxylation is 2. The Kier molecular flexibility index (Phi) is 4.74. The normalized spacial score (nSPS) is 10.4. The van der Waals surface area contributed by atoms with E-state index in [2.05, 4.69) is 24.3 Å². The van der Waals surface area contributed by atoms with Gasteiger partial charge in [-0.1, -0.05) is 18.2 Å². The van der Waals surface area contributed by atoms with Crippen molar-refractivity contribution in [3.05, 3.63) is 53.6 Å². The van der Waals surface area contributed by atoms with Gasteiger partial charge in [0.1, 0.15) is 5.75 Å². The minimum atomic E-state index is 0.700. The number of benzene rings is 2. The zero-order valence-electron chi connectivity index (χ0n) is 11.3. The van der Waals surface area contributed by atoms with Crippen molar-refractivity contribution >= 4 is 17.4 Å². The van der Waals surface area contributed by atoms with E-state index in [-0.39, 0.29) is 0 Å². The third-order valence-electron chi connectivity index (χ3n) is 2.82. The number of anilines is 1. The predicted octanol–water partition coefficient (Wildman–Crippen LogP) is 4.06. The quantitative estimate of drug-likeness (QED) is 0.507. The fourth-order valence-corrected chi connectivity index (χ4v) is 2.78. The second-order valence-corrected chi connectivity index (χ2v) is 5.66. The molecule has 0 aliphatic heterocycles. The zero-order chi connectivity index (χ0) is 13.7.